The maximum absolute atomic E-state index is 11.6. The minimum absolute atomic E-state index is 0. The monoisotopic (exact) mass is 346 g/mol. The number of hydrogen-bond acceptors (Lipinski definition) is 5. The van der Waals surface area contributed by atoms with Gasteiger partial charge in [0.25, 0.3) is 0 Å². The van der Waals surface area contributed by atoms with Crippen molar-refractivity contribution < 1.29 is 9.53 Å². The largest absolute Gasteiger partial charge is 0.465 e. The Morgan fingerprint density at radius 3 is 2.52 bits per heavy atom. The van der Waals surface area contributed by atoms with Crippen LogP contribution in [0.4, 0.5) is 0 Å². The molecule has 6 nitrogen and oxygen atoms in total. The van der Waals surface area contributed by atoms with Crippen LogP contribution in [0.2, 0.25) is 0 Å². The van der Waals surface area contributed by atoms with E-state index in [1.54, 1.807) is 11.6 Å². The van der Waals surface area contributed by atoms with Crippen molar-refractivity contribution in [2.75, 3.05) is 26.7 Å². The van der Waals surface area contributed by atoms with E-state index in [1.807, 2.05) is 13.8 Å². The van der Waals surface area contributed by atoms with Crippen LogP contribution in [0, 0.1) is 19.3 Å². The summed E-state index contributed by atoms with van der Waals surface area (Å²) in [6.45, 7) is 13.0. The molecule has 0 saturated carbocycles. The molecule has 0 aromatic carbocycles. The number of hydrogen-bond donors (Lipinski definition) is 1. The molecule has 0 fully saturated rings. The molecule has 0 atom stereocenters. The quantitative estimate of drug-likeness (QED) is 0.728. The van der Waals surface area contributed by atoms with E-state index in [2.05, 4.69) is 30.9 Å². The number of rotatable bonds is 8. The lowest BCUT2D eigenvalue weighted by molar-refractivity contribution is -0.144. The minimum Gasteiger partial charge on any atom is -0.465 e. The molecule has 0 amide bonds. The smallest absolute Gasteiger partial charge is 0.327 e. The van der Waals surface area contributed by atoms with Gasteiger partial charge < -0.3 is 15.4 Å². The fraction of sp³-hybridized carbons (Fsp3) is 0.750. The molecule has 0 unspecified atom stereocenters. The Balaban J connectivity index is 0.00000484. The van der Waals surface area contributed by atoms with Gasteiger partial charge in [0, 0.05) is 24.3 Å². The normalized spacial score (nSPS) is 11.5. The van der Waals surface area contributed by atoms with Gasteiger partial charge >= 0.3 is 5.97 Å². The van der Waals surface area contributed by atoms with E-state index in [-0.39, 0.29) is 30.3 Å². The highest BCUT2D eigenvalue weighted by Crippen LogP contribution is 2.19. The second-order valence-corrected chi connectivity index (χ2v) is 6.65. The molecule has 1 heterocycles. The minimum atomic E-state index is -0.253. The predicted octanol–water partition coefficient (Wildman–Crippen LogP) is 1.90. The van der Waals surface area contributed by atoms with E-state index in [4.69, 9.17) is 10.5 Å². The summed E-state index contributed by atoms with van der Waals surface area (Å²) in [4.78, 5) is 13.9. The van der Waals surface area contributed by atoms with Gasteiger partial charge in [0.1, 0.15) is 6.54 Å². The highest BCUT2D eigenvalue weighted by Gasteiger charge is 2.21. The van der Waals surface area contributed by atoms with E-state index < -0.39 is 0 Å². The molecular formula is C16H31ClN4O2. The second-order valence-electron chi connectivity index (χ2n) is 6.65. The zero-order chi connectivity index (χ0) is 16.9. The van der Waals surface area contributed by atoms with Crippen LogP contribution in [-0.4, -0.2) is 47.4 Å². The van der Waals surface area contributed by atoms with Crippen LogP contribution in [0.15, 0.2) is 0 Å². The van der Waals surface area contributed by atoms with Crippen molar-refractivity contribution in [3.8, 4) is 0 Å². The number of nitrogens with two attached hydrogens (primary N) is 1. The summed E-state index contributed by atoms with van der Waals surface area (Å²) in [6, 6.07) is 0. The number of carbonyl (C=O) groups excluding carboxylic acids is 1. The number of ether oxygens (including phenoxy) is 1. The molecular weight excluding hydrogens is 316 g/mol. The van der Waals surface area contributed by atoms with Crippen LogP contribution >= 0.6 is 12.4 Å². The van der Waals surface area contributed by atoms with Crippen LogP contribution < -0.4 is 5.73 Å². The molecule has 0 aliphatic carbocycles. The number of carbonyl (C=O) groups is 1. The highest BCUT2D eigenvalue weighted by atomic mass is 35.5. The lowest BCUT2D eigenvalue weighted by Crippen LogP contribution is -2.36. The zero-order valence-corrected chi connectivity index (χ0v) is 16.0. The van der Waals surface area contributed by atoms with E-state index in [0.29, 0.717) is 13.2 Å². The summed E-state index contributed by atoms with van der Waals surface area (Å²) < 4.78 is 6.71. The summed E-state index contributed by atoms with van der Waals surface area (Å²) in [7, 11) is 2.08. The Morgan fingerprint density at radius 1 is 1.39 bits per heavy atom. The first-order valence-corrected chi connectivity index (χ1v) is 7.77. The Kier molecular flexibility index (Phi) is 8.80. The maximum atomic E-state index is 11.6. The van der Waals surface area contributed by atoms with Gasteiger partial charge in [-0.25, -0.2) is 0 Å². The third-order valence-corrected chi connectivity index (χ3v) is 3.79. The maximum Gasteiger partial charge on any atom is 0.327 e. The van der Waals surface area contributed by atoms with Crippen LogP contribution in [0.25, 0.3) is 0 Å². The van der Waals surface area contributed by atoms with Gasteiger partial charge in [-0.2, -0.15) is 5.10 Å². The van der Waals surface area contributed by atoms with Crippen LogP contribution in [-0.2, 0) is 22.6 Å². The van der Waals surface area contributed by atoms with Crippen molar-refractivity contribution in [2.45, 2.75) is 47.7 Å². The molecule has 0 saturated heterocycles. The van der Waals surface area contributed by atoms with Crippen LogP contribution in [0.3, 0.4) is 0 Å². The molecule has 2 N–H and O–H groups in total. The Hall–Kier alpha value is -1.11. The number of esters is 1. The summed E-state index contributed by atoms with van der Waals surface area (Å²) in [5, 5.41) is 4.47. The van der Waals surface area contributed by atoms with E-state index >= 15 is 0 Å². The molecule has 0 spiro atoms. The van der Waals surface area contributed by atoms with Crippen molar-refractivity contribution in [1.82, 2.24) is 14.7 Å². The third-order valence-electron chi connectivity index (χ3n) is 3.79. The topological polar surface area (TPSA) is 73.4 Å². The molecule has 0 aliphatic rings. The number of aryl methyl sites for hydroxylation is 1. The lowest BCUT2D eigenvalue weighted by Gasteiger charge is -2.29. The predicted molar refractivity (Wildman–Crippen MR) is 94.8 cm³/mol. The van der Waals surface area contributed by atoms with Crippen LogP contribution in [0.1, 0.15) is 37.7 Å². The van der Waals surface area contributed by atoms with Crippen molar-refractivity contribution >= 4 is 18.4 Å². The van der Waals surface area contributed by atoms with Gasteiger partial charge in [0.15, 0.2) is 0 Å². The second kappa shape index (κ2) is 9.25. The molecule has 0 aliphatic heterocycles. The molecule has 7 heteroatoms. The van der Waals surface area contributed by atoms with Gasteiger partial charge in [-0.1, -0.05) is 13.8 Å². The Labute approximate surface area is 145 Å². The number of aromatic nitrogens is 2. The SMILES string of the molecule is CCOC(=O)Cn1nc(C)c(CN(C)CC(C)(C)CN)c1C.Cl. The van der Waals surface area contributed by atoms with Crippen molar-refractivity contribution in [1.29, 1.82) is 0 Å². The van der Waals surface area contributed by atoms with Crippen LogP contribution in [0.5, 0.6) is 0 Å². The van der Waals surface area contributed by atoms with Gasteiger partial charge in [-0.3, -0.25) is 9.48 Å². The lowest BCUT2D eigenvalue weighted by atomic mass is 9.93. The highest BCUT2D eigenvalue weighted by molar-refractivity contribution is 5.85. The Bertz CT molecular complexity index is 514. The van der Waals surface area contributed by atoms with Gasteiger partial charge in [0.05, 0.1) is 12.3 Å². The molecule has 134 valence electrons. The fourth-order valence-corrected chi connectivity index (χ4v) is 2.57. The Morgan fingerprint density at radius 2 is 2.00 bits per heavy atom. The van der Waals surface area contributed by atoms with Crippen molar-refractivity contribution in [3.63, 3.8) is 0 Å². The summed E-state index contributed by atoms with van der Waals surface area (Å²) in [5.41, 5.74) is 9.02. The van der Waals surface area contributed by atoms with Crippen molar-refractivity contribution in [3.05, 3.63) is 17.0 Å². The standard InChI is InChI=1S/C16H30N4O2.ClH/c1-7-22-15(21)9-20-13(3)14(12(2)18-20)8-19(6)11-16(4,5)10-17;/h7-11,17H2,1-6H3;1H. The van der Waals surface area contributed by atoms with E-state index in [0.717, 1.165) is 24.5 Å². The van der Waals surface area contributed by atoms with Crippen molar-refractivity contribution in [2.24, 2.45) is 11.1 Å². The van der Waals surface area contributed by atoms with Gasteiger partial charge in [-0.15, -0.1) is 12.4 Å². The molecule has 1 aromatic rings. The molecule has 1 aromatic heterocycles. The molecule has 1 rings (SSSR count). The summed E-state index contributed by atoms with van der Waals surface area (Å²) in [5.74, 6) is -0.253. The molecule has 23 heavy (non-hydrogen) atoms. The summed E-state index contributed by atoms with van der Waals surface area (Å²) in [6.07, 6.45) is 0. The first kappa shape index (κ1) is 21.9. The fourth-order valence-electron chi connectivity index (χ4n) is 2.57. The molecule has 0 radical (unpaired) electrons. The average Bonchev–Trinajstić information content (AvgIpc) is 2.66. The number of nitrogens with zero attached hydrogens (tertiary/aromatic N) is 3. The average molecular weight is 347 g/mol. The first-order chi connectivity index (χ1) is 10.2. The van der Waals surface area contributed by atoms with E-state index in [9.17, 15) is 4.79 Å². The van der Waals surface area contributed by atoms with Gasteiger partial charge in [0.2, 0.25) is 0 Å². The zero-order valence-electron chi connectivity index (χ0n) is 15.2. The number of halogens is 1. The van der Waals surface area contributed by atoms with E-state index in [1.165, 1.54) is 5.56 Å². The molecule has 0 bridgehead atoms. The third kappa shape index (κ3) is 6.49. The summed E-state index contributed by atoms with van der Waals surface area (Å²) >= 11 is 0. The first-order valence-electron chi connectivity index (χ1n) is 7.77. The van der Waals surface area contributed by atoms with Gasteiger partial charge in [-0.05, 0) is 39.8 Å².